The lowest BCUT2D eigenvalue weighted by Crippen LogP contribution is -2.47. The second-order valence-corrected chi connectivity index (χ2v) is 10.1. The van der Waals surface area contributed by atoms with Crippen LogP contribution in [0.2, 0.25) is 0 Å². The molecule has 1 aromatic carbocycles. The number of nitrogens with zero attached hydrogens (tertiary/aromatic N) is 2. The van der Waals surface area contributed by atoms with Gasteiger partial charge in [-0.1, -0.05) is 44.2 Å². The predicted octanol–water partition coefficient (Wildman–Crippen LogP) is 2.16. The first-order chi connectivity index (χ1) is 19.9. The lowest BCUT2D eigenvalue weighted by atomic mass is 9.91. The van der Waals surface area contributed by atoms with Crippen LogP contribution in [0.3, 0.4) is 0 Å². The average Bonchev–Trinajstić information content (AvgIpc) is 2.99. The molecule has 3 rings (SSSR count). The molecule has 1 saturated heterocycles. The number of carbonyl (C=O) groups excluding carboxylic acids is 5. The third kappa shape index (κ3) is 7.95. The van der Waals surface area contributed by atoms with Gasteiger partial charge in [0, 0.05) is 26.4 Å². The zero-order chi connectivity index (χ0) is 31.0. The number of methoxy groups -OCH3 is 1. The van der Waals surface area contributed by atoms with Gasteiger partial charge in [0.05, 0.1) is 13.0 Å². The third-order valence-electron chi connectivity index (χ3n) is 6.33. The minimum atomic E-state index is -1.47. The van der Waals surface area contributed by atoms with E-state index in [1.165, 1.54) is 40.4 Å². The number of rotatable bonds is 8. The molecule has 2 amide bonds. The summed E-state index contributed by atoms with van der Waals surface area (Å²) >= 11 is 0. The van der Waals surface area contributed by atoms with Gasteiger partial charge >= 0.3 is 24.0 Å². The fourth-order valence-electron chi connectivity index (χ4n) is 4.01. The van der Waals surface area contributed by atoms with Crippen molar-refractivity contribution in [1.29, 1.82) is 0 Å². The summed E-state index contributed by atoms with van der Waals surface area (Å²) in [6.45, 7) is 4.19. The smallest absolute Gasteiger partial charge is 0.414 e. The van der Waals surface area contributed by atoms with Crippen molar-refractivity contribution < 1.29 is 47.7 Å². The van der Waals surface area contributed by atoms with E-state index in [9.17, 15) is 24.0 Å². The van der Waals surface area contributed by atoms with E-state index in [2.05, 4.69) is 10.3 Å². The van der Waals surface area contributed by atoms with Gasteiger partial charge in [-0.2, -0.15) is 0 Å². The van der Waals surface area contributed by atoms with E-state index in [0.717, 1.165) is 10.5 Å². The fraction of sp³-hybridized carbons (Fsp3) is 0.448. The second-order valence-electron chi connectivity index (χ2n) is 10.1. The first-order valence-corrected chi connectivity index (χ1v) is 13.3. The molecule has 1 unspecified atom stereocenters. The Balaban J connectivity index is 1.90. The Labute approximate surface area is 243 Å². The van der Waals surface area contributed by atoms with E-state index < -0.39 is 66.6 Å². The molecule has 1 aliphatic heterocycles. The van der Waals surface area contributed by atoms with Crippen molar-refractivity contribution in [2.45, 2.75) is 45.4 Å². The number of ether oxygens (including phenoxy) is 5. The molecule has 2 heterocycles. The number of nitrogens with one attached hydrogen (secondary N) is 1. The number of carbonyl (C=O) groups is 5. The van der Waals surface area contributed by atoms with E-state index in [1.807, 2.05) is 18.2 Å². The molecule has 4 atom stereocenters. The highest BCUT2D eigenvalue weighted by atomic mass is 16.6. The summed E-state index contributed by atoms with van der Waals surface area (Å²) in [5.41, 5.74) is 0.416. The Bertz CT molecular complexity index is 1300. The van der Waals surface area contributed by atoms with Gasteiger partial charge in [-0.05, 0) is 18.9 Å². The summed E-state index contributed by atoms with van der Waals surface area (Å²) in [7, 11) is 4.21. The maximum Gasteiger partial charge on any atom is 0.414 e. The quantitative estimate of drug-likeness (QED) is 0.357. The zero-order valence-electron chi connectivity index (χ0n) is 24.3. The molecule has 0 saturated carbocycles. The molecule has 0 aliphatic carbocycles. The van der Waals surface area contributed by atoms with Gasteiger partial charge < -0.3 is 33.9 Å². The molecular formula is C29H35N3O10. The van der Waals surface area contributed by atoms with Gasteiger partial charge in [0.2, 0.25) is 5.75 Å². The minimum Gasteiger partial charge on any atom is -0.493 e. The van der Waals surface area contributed by atoms with E-state index in [4.69, 9.17) is 23.7 Å². The Morgan fingerprint density at radius 2 is 1.79 bits per heavy atom. The van der Waals surface area contributed by atoms with E-state index in [1.54, 1.807) is 26.0 Å². The molecule has 13 nitrogen and oxygen atoms in total. The van der Waals surface area contributed by atoms with Crippen molar-refractivity contribution in [3.8, 4) is 11.5 Å². The van der Waals surface area contributed by atoms with Crippen LogP contribution in [-0.4, -0.2) is 85.9 Å². The third-order valence-corrected chi connectivity index (χ3v) is 6.33. The van der Waals surface area contributed by atoms with Crippen LogP contribution in [-0.2, 0) is 35.0 Å². The Morgan fingerprint density at radius 3 is 2.40 bits per heavy atom. The largest absolute Gasteiger partial charge is 0.493 e. The molecule has 226 valence electrons. The molecule has 0 radical (unpaired) electrons. The van der Waals surface area contributed by atoms with Gasteiger partial charge in [-0.25, -0.2) is 14.6 Å². The Kier molecular flexibility index (Phi) is 10.8. The highest BCUT2D eigenvalue weighted by Crippen LogP contribution is 2.30. The van der Waals surface area contributed by atoms with Gasteiger partial charge in [0.1, 0.15) is 18.6 Å². The van der Waals surface area contributed by atoms with Gasteiger partial charge in [0.25, 0.3) is 5.91 Å². The highest BCUT2D eigenvalue weighted by Gasteiger charge is 2.42. The van der Waals surface area contributed by atoms with Crippen LogP contribution in [0.15, 0.2) is 42.6 Å². The van der Waals surface area contributed by atoms with Gasteiger partial charge in [0.15, 0.2) is 23.6 Å². The normalized spacial score (nSPS) is 20.6. The number of hydrogen-bond acceptors (Lipinski definition) is 11. The minimum absolute atomic E-state index is 0.0426. The molecule has 42 heavy (non-hydrogen) atoms. The van der Waals surface area contributed by atoms with Crippen LogP contribution in [0, 0.1) is 11.8 Å². The number of cyclic esters (lactones) is 2. The molecule has 0 bridgehead atoms. The molecule has 2 aromatic rings. The summed E-state index contributed by atoms with van der Waals surface area (Å²) in [6, 6.07) is 8.96. The summed E-state index contributed by atoms with van der Waals surface area (Å²) in [4.78, 5) is 69.8. The van der Waals surface area contributed by atoms with E-state index >= 15 is 0 Å². The molecular weight excluding hydrogens is 550 g/mol. The van der Waals surface area contributed by atoms with Crippen LogP contribution in [0.25, 0.3) is 0 Å². The molecule has 1 aliphatic rings. The summed E-state index contributed by atoms with van der Waals surface area (Å²) in [5.74, 6) is -4.95. The van der Waals surface area contributed by atoms with Gasteiger partial charge in [-0.3, -0.25) is 14.4 Å². The molecule has 1 N–H and O–H groups in total. The topological polar surface area (TPSA) is 160 Å². The SMILES string of the molecule is COc1ccnc(C(=O)N[C@H]2COC(=O)[C@H](Cc3ccccc3)C(OC(=O)C(C)C)[C@H](C)OC2=O)c1OC(=O)N(C)C. The number of pyridine rings is 1. The van der Waals surface area contributed by atoms with Crippen LogP contribution >= 0.6 is 0 Å². The molecule has 1 fully saturated rings. The summed E-state index contributed by atoms with van der Waals surface area (Å²) in [6.07, 6.45) is -1.64. The lowest BCUT2D eigenvalue weighted by molar-refractivity contribution is -0.176. The highest BCUT2D eigenvalue weighted by molar-refractivity contribution is 5.99. The zero-order valence-corrected chi connectivity index (χ0v) is 24.3. The number of hydrogen-bond donors (Lipinski definition) is 1. The van der Waals surface area contributed by atoms with Crippen LogP contribution in [0.1, 0.15) is 36.8 Å². The van der Waals surface area contributed by atoms with Crippen molar-refractivity contribution in [3.63, 3.8) is 0 Å². The summed E-state index contributed by atoms with van der Waals surface area (Å²) in [5, 5.41) is 2.43. The number of esters is 3. The van der Waals surface area contributed by atoms with Crippen LogP contribution in [0.5, 0.6) is 11.5 Å². The van der Waals surface area contributed by atoms with Crippen LogP contribution in [0.4, 0.5) is 4.79 Å². The molecule has 13 heteroatoms. The first-order valence-electron chi connectivity index (χ1n) is 13.3. The Hall–Kier alpha value is -4.68. The lowest BCUT2D eigenvalue weighted by Gasteiger charge is -2.29. The van der Waals surface area contributed by atoms with E-state index in [0.29, 0.717) is 0 Å². The van der Waals surface area contributed by atoms with Crippen molar-refractivity contribution in [1.82, 2.24) is 15.2 Å². The summed E-state index contributed by atoms with van der Waals surface area (Å²) < 4.78 is 27.2. The fourth-order valence-corrected chi connectivity index (χ4v) is 4.01. The predicted molar refractivity (Wildman–Crippen MR) is 147 cm³/mol. The monoisotopic (exact) mass is 585 g/mol. The van der Waals surface area contributed by atoms with E-state index in [-0.39, 0.29) is 23.6 Å². The van der Waals surface area contributed by atoms with Crippen molar-refractivity contribution >= 4 is 29.9 Å². The Morgan fingerprint density at radius 1 is 1.10 bits per heavy atom. The standard InChI is InChI=1S/C29H35N3O10/c1-16(2)26(34)41-23-17(3)40-28(36)20(15-39-27(35)19(23)14-18-10-8-7-9-11-18)31-25(33)22-24(42-29(37)32(4)5)21(38-6)12-13-30-22/h7-13,16-17,19-20,23H,14-15H2,1-6H3,(H,31,33)/t17-,19+,20-,23?/m0/s1. The average molecular weight is 586 g/mol. The van der Waals surface area contributed by atoms with Crippen molar-refractivity contribution in [2.24, 2.45) is 11.8 Å². The molecule has 1 aromatic heterocycles. The maximum atomic E-state index is 13.4. The number of amides is 2. The number of benzene rings is 1. The van der Waals surface area contributed by atoms with Crippen LogP contribution < -0.4 is 14.8 Å². The van der Waals surface area contributed by atoms with Crippen molar-refractivity contribution in [3.05, 3.63) is 53.9 Å². The second kappa shape index (κ2) is 14.3. The maximum absolute atomic E-state index is 13.4. The molecule has 0 spiro atoms. The van der Waals surface area contributed by atoms with Crippen molar-refractivity contribution in [2.75, 3.05) is 27.8 Å². The first kappa shape index (κ1) is 31.8. The number of aromatic nitrogens is 1. The van der Waals surface area contributed by atoms with Gasteiger partial charge in [-0.15, -0.1) is 0 Å².